The molecule has 0 aliphatic heterocycles. The fraction of sp³-hybridized carbons (Fsp3) is 0.160. The van der Waals surface area contributed by atoms with Crippen molar-refractivity contribution in [1.29, 1.82) is 0 Å². The lowest BCUT2D eigenvalue weighted by molar-refractivity contribution is 0.404. The van der Waals surface area contributed by atoms with Crippen molar-refractivity contribution in [3.8, 4) is 28.0 Å². The number of ether oxygens (including phenoxy) is 1. The van der Waals surface area contributed by atoms with Gasteiger partial charge in [-0.05, 0) is 49.5 Å². The van der Waals surface area contributed by atoms with Crippen molar-refractivity contribution >= 4 is 21.9 Å². The van der Waals surface area contributed by atoms with E-state index in [0.717, 1.165) is 51.1 Å². The van der Waals surface area contributed by atoms with Gasteiger partial charge in [0.05, 0.1) is 7.11 Å². The number of rotatable bonds is 5. The van der Waals surface area contributed by atoms with E-state index in [2.05, 4.69) is 70.5 Å². The predicted octanol–water partition coefficient (Wildman–Crippen LogP) is 5.45. The Kier molecular flexibility index (Phi) is 4.52. The molecule has 0 amide bonds. The molecule has 5 aromatic rings. The van der Waals surface area contributed by atoms with Crippen LogP contribution in [0.4, 0.5) is 0 Å². The van der Waals surface area contributed by atoms with Crippen molar-refractivity contribution in [1.82, 2.24) is 19.9 Å². The number of fused-ring (bicyclic) bond motifs is 2. The third-order valence-electron chi connectivity index (χ3n) is 5.52. The second kappa shape index (κ2) is 7.35. The first-order valence-corrected chi connectivity index (χ1v) is 9.99. The van der Waals surface area contributed by atoms with Gasteiger partial charge in [-0.15, -0.1) is 0 Å². The van der Waals surface area contributed by atoms with Gasteiger partial charge >= 0.3 is 0 Å². The number of H-pyrrole nitrogens is 2. The highest BCUT2D eigenvalue weighted by Gasteiger charge is 2.13. The van der Waals surface area contributed by atoms with Gasteiger partial charge in [0.2, 0.25) is 0 Å². The molecule has 30 heavy (non-hydrogen) atoms. The lowest BCUT2D eigenvalue weighted by Gasteiger charge is -2.09. The highest BCUT2D eigenvalue weighted by molar-refractivity contribution is 5.98. The lowest BCUT2D eigenvalue weighted by atomic mass is 10.0. The van der Waals surface area contributed by atoms with E-state index in [9.17, 15) is 0 Å². The van der Waals surface area contributed by atoms with Crippen LogP contribution in [0.15, 0.2) is 67.1 Å². The molecule has 0 radical (unpaired) electrons. The Morgan fingerprint density at radius 3 is 2.57 bits per heavy atom. The molecular formula is C25H24N4O. The molecule has 0 aliphatic carbocycles. The monoisotopic (exact) mass is 396 g/mol. The van der Waals surface area contributed by atoms with Crippen LogP contribution in [-0.2, 0) is 6.54 Å². The highest BCUT2D eigenvalue weighted by atomic mass is 16.5. The molecule has 0 spiro atoms. The molecule has 2 N–H and O–H groups in total. The first-order chi connectivity index (χ1) is 14.6. The SMILES string of the molecule is COc1ccccc1-c1c[nH]c2ncc(-c3ccc4[nH]cc(CN(C)C)c4c3)cc12. The van der Waals surface area contributed by atoms with E-state index >= 15 is 0 Å². The standard InChI is InChI=1S/C25H24N4O/c1-29(2)15-18-13-26-23-9-8-16(10-20(18)23)17-11-21-22(14-28-25(21)27-12-17)19-6-4-5-7-24(19)30-3/h4-14,26H,15H2,1-3H3,(H,27,28). The predicted molar refractivity (Wildman–Crippen MR) is 123 cm³/mol. The second-order valence-electron chi connectivity index (χ2n) is 7.83. The molecule has 5 nitrogen and oxygen atoms in total. The summed E-state index contributed by atoms with van der Waals surface area (Å²) in [6.07, 6.45) is 6.04. The molecule has 0 saturated heterocycles. The van der Waals surface area contributed by atoms with Crippen LogP contribution in [0, 0.1) is 0 Å². The minimum absolute atomic E-state index is 0.853. The van der Waals surface area contributed by atoms with Crippen molar-refractivity contribution < 1.29 is 4.74 Å². The summed E-state index contributed by atoms with van der Waals surface area (Å²) in [6.45, 7) is 0.899. The molecule has 0 unspecified atom stereocenters. The zero-order valence-corrected chi connectivity index (χ0v) is 17.4. The van der Waals surface area contributed by atoms with Crippen LogP contribution in [0.1, 0.15) is 5.56 Å². The molecular weight excluding hydrogens is 372 g/mol. The van der Waals surface area contributed by atoms with E-state index in [0.29, 0.717) is 0 Å². The Labute approximate surface area is 175 Å². The quantitative estimate of drug-likeness (QED) is 0.415. The van der Waals surface area contributed by atoms with Crippen LogP contribution in [0.2, 0.25) is 0 Å². The number of aromatic nitrogens is 3. The first-order valence-electron chi connectivity index (χ1n) is 9.99. The zero-order chi connectivity index (χ0) is 20.7. The maximum atomic E-state index is 5.58. The number of hydrogen-bond acceptors (Lipinski definition) is 3. The highest BCUT2D eigenvalue weighted by Crippen LogP contribution is 2.36. The molecule has 2 aromatic carbocycles. The summed E-state index contributed by atoms with van der Waals surface area (Å²) in [5.74, 6) is 0.853. The van der Waals surface area contributed by atoms with Crippen molar-refractivity contribution in [2.45, 2.75) is 6.54 Å². The molecule has 0 atom stereocenters. The van der Waals surface area contributed by atoms with Gasteiger partial charge in [-0.1, -0.05) is 24.3 Å². The van der Waals surface area contributed by atoms with E-state index < -0.39 is 0 Å². The largest absolute Gasteiger partial charge is 0.496 e. The number of benzene rings is 2. The van der Waals surface area contributed by atoms with E-state index in [-0.39, 0.29) is 0 Å². The van der Waals surface area contributed by atoms with E-state index in [1.807, 2.05) is 30.6 Å². The number of para-hydroxylation sites is 1. The fourth-order valence-electron chi connectivity index (χ4n) is 4.08. The first kappa shape index (κ1) is 18.5. The van der Waals surface area contributed by atoms with Crippen molar-refractivity contribution in [2.24, 2.45) is 0 Å². The lowest BCUT2D eigenvalue weighted by Crippen LogP contribution is -2.10. The van der Waals surface area contributed by atoms with Crippen LogP contribution >= 0.6 is 0 Å². The summed E-state index contributed by atoms with van der Waals surface area (Å²) in [5.41, 5.74) is 7.71. The number of pyridine rings is 1. The molecule has 0 fully saturated rings. The van der Waals surface area contributed by atoms with Gasteiger partial charge in [0, 0.05) is 58.1 Å². The molecule has 0 saturated carbocycles. The maximum Gasteiger partial charge on any atom is 0.137 e. The normalized spacial score (nSPS) is 11.6. The molecule has 5 rings (SSSR count). The summed E-state index contributed by atoms with van der Waals surface area (Å²) in [6, 6.07) is 16.8. The third-order valence-corrected chi connectivity index (χ3v) is 5.52. The average molecular weight is 396 g/mol. The zero-order valence-electron chi connectivity index (χ0n) is 17.4. The summed E-state index contributed by atoms with van der Waals surface area (Å²) in [4.78, 5) is 13.5. The Morgan fingerprint density at radius 2 is 1.73 bits per heavy atom. The van der Waals surface area contributed by atoms with Gasteiger partial charge in [0.25, 0.3) is 0 Å². The number of nitrogens with zero attached hydrogens (tertiary/aromatic N) is 2. The number of methoxy groups -OCH3 is 1. The number of aromatic amines is 2. The minimum Gasteiger partial charge on any atom is -0.496 e. The van der Waals surface area contributed by atoms with Crippen molar-refractivity contribution in [3.63, 3.8) is 0 Å². The van der Waals surface area contributed by atoms with Crippen LogP contribution in [0.3, 0.4) is 0 Å². The summed E-state index contributed by atoms with van der Waals surface area (Å²) in [7, 11) is 5.88. The van der Waals surface area contributed by atoms with Gasteiger partial charge in [-0.2, -0.15) is 0 Å². The number of hydrogen-bond donors (Lipinski definition) is 2. The molecule has 150 valence electrons. The van der Waals surface area contributed by atoms with Crippen molar-refractivity contribution in [2.75, 3.05) is 21.2 Å². The molecule has 0 bridgehead atoms. The van der Waals surface area contributed by atoms with Crippen LogP contribution in [-0.4, -0.2) is 41.1 Å². The van der Waals surface area contributed by atoms with E-state index in [1.54, 1.807) is 7.11 Å². The van der Waals surface area contributed by atoms with Gasteiger partial charge in [-0.3, -0.25) is 0 Å². The van der Waals surface area contributed by atoms with Gasteiger partial charge in [-0.25, -0.2) is 4.98 Å². The van der Waals surface area contributed by atoms with E-state index in [1.165, 1.54) is 10.9 Å². The van der Waals surface area contributed by atoms with Crippen LogP contribution in [0.25, 0.3) is 44.2 Å². The minimum atomic E-state index is 0.853. The molecule has 0 aliphatic rings. The second-order valence-corrected chi connectivity index (χ2v) is 7.83. The average Bonchev–Trinajstić information content (AvgIpc) is 3.36. The van der Waals surface area contributed by atoms with Crippen LogP contribution < -0.4 is 4.74 Å². The van der Waals surface area contributed by atoms with Gasteiger partial charge in [0.1, 0.15) is 11.4 Å². The Balaban J connectivity index is 1.63. The molecule has 3 heterocycles. The third kappa shape index (κ3) is 3.13. The molecule has 3 aromatic heterocycles. The van der Waals surface area contributed by atoms with Gasteiger partial charge < -0.3 is 19.6 Å². The summed E-state index contributed by atoms with van der Waals surface area (Å²) in [5, 5.41) is 2.33. The summed E-state index contributed by atoms with van der Waals surface area (Å²) >= 11 is 0. The fourth-order valence-corrected chi connectivity index (χ4v) is 4.08. The van der Waals surface area contributed by atoms with Crippen LogP contribution in [0.5, 0.6) is 5.75 Å². The van der Waals surface area contributed by atoms with Gasteiger partial charge in [0.15, 0.2) is 0 Å². The Morgan fingerprint density at radius 1 is 0.900 bits per heavy atom. The van der Waals surface area contributed by atoms with E-state index in [4.69, 9.17) is 4.74 Å². The Hall–Kier alpha value is -3.57. The molecule has 5 heteroatoms. The smallest absolute Gasteiger partial charge is 0.137 e. The van der Waals surface area contributed by atoms with Crippen molar-refractivity contribution in [3.05, 3.63) is 72.7 Å². The summed E-state index contributed by atoms with van der Waals surface area (Å²) < 4.78 is 5.58. The topological polar surface area (TPSA) is 56.9 Å². The number of nitrogens with one attached hydrogen (secondary N) is 2. The Bertz CT molecular complexity index is 1350. The maximum absolute atomic E-state index is 5.58.